The van der Waals surface area contributed by atoms with E-state index in [1.54, 1.807) is 0 Å². The Morgan fingerprint density at radius 2 is 1.31 bits per heavy atom. The third-order valence-corrected chi connectivity index (χ3v) is 9.96. The number of nitrogens with one attached hydrogen (secondary N) is 1. The van der Waals surface area contributed by atoms with Crippen molar-refractivity contribution >= 4 is 55.8 Å². The molecule has 1 N–H and O–H groups in total. The first-order chi connectivity index (χ1) is 25.3. The minimum atomic E-state index is -0.160. The molecule has 1 aliphatic heterocycles. The number of fused-ring (bicyclic) bond motifs is 6. The Morgan fingerprint density at radius 1 is 0.627 bits per heavy atom. The van der Waals surface area contributed by atoms with Crippen LogP contribution in [0.4, 0.5) is 17.1 Å². The molecule has 2 aliphatic rings. The van der Waals surface area contributed by atoms with Crippen LogP contribution in [0.5, 0.6) is 0 Å². The number of furan rings is 2. The Labute approximate surface area is 295 Å². The van der Waals surface area contributed by atoms with Crippen LogP contribution in [0, 0.1) is 0 Å². The number of benzene rings is 6. The van der Waals surface area contributed by atoms with Gasteiger partial charge in [-0.3, -0.25) is 0 Å². The standard InChI is InChI=1S/C46H33N3O2/c1-4-14-31(15-5-1)42-45-43(37-21-11-13-23-40(37)51-45)48-46(47-42)32-26-24-30(25-27-32)35-28-29-38(44-41(35)36-20-10-12-22-39(36)50-44)49(33-16-6-2-7-17-33)34-18-8-3-9-19-34/h1-2,4-8,10-29,42H,3,9H2,(H,47,48). The molecule has 0 saturated heterocycles. The number of hydrogen-bond acceptors (Lipinski definition) is 5. The van der Waals surface area contributed by atoms with Gasteiger partial charge in [-0.25, -0.2) is 4.99 Å². The number of allylic oxidation sites excluding steroid dienone is 3. The van der Waals surface area contributed by atoms with E-state index in [-0.39, 0.29) is 6.04 Å². The van der Waals surface area contributed by atoms with Crippen molar-refractivity contribution in [1.82, 2.24) is 5.32 Å². The maximum atomic E-state index is 6.74. The van der Waals surface area contributed by atoms with Crippen LogP contribution in [0.15, 0.2) is 183 Å². The van der Waals surface area contributed by atoms with Gasteiger partial charge in [-0.15, -0.1) is 0 Å². The van der Waals surface area contributed by atoms with Crippen molar-refractivity contribution in [2.75, 3.05) is 4.90 Å². The summed E-state index contributed by atoms with van der Waals surface area (Å²) >= 11 is 0. The highest BCUT2D eigenvalue weighted by Gasteiger charge is 2.30. The predicted octanol–water partition coefficient (Wildman–Crippen LogP) is 12.1. The zero-order valence-corrected chi connectivity index (χ0v) is 27.8. The van der Waals surface area contributed by atoms with E-state index in [4.69, 9.17) is 13.8 Å². The van der Waals surface area contributed by atoms with Gasteiger partial charge in [0.05, 0.1) is 5.69 Å². The minimum Gasteiger partial charge on any atom is -0.456 e. The zero-order valence-electron chi connectivity index (χ0n) is 27.8. The van der Waals surface area contributed by atoms with Crippen LogP contribution in [0.1, 0.15) is 35.8 Å². The lowest BCUT2D eigenvalue weighted by atomic mass is 9.96. The molecule has 0 spiro atoms. The quantitative estimate of drug-likeness (QED) is 0.193. The van der Waals surface area contributed by atoms with Gasteiger partial charge in [0.1, 0.15) is 28.7 Å². The Bertz CT molecular complexity index is 2660. The summed E-state index contributed by atoms with van der Waals surface area (Å²) in [6.45, 7) is 0. The molecule has 0 saturated carbocycles. The molecule has 0 radical (unpaired) electrons. The van der Waals surface area contributed by atoms with Gasteiger partial charge in [0.2, 0.25) is 0 Å². The van der Waals surface area contributed by atoms with Crippen LogP contribution < -0.4 is 10.2 Å². The maximum absolute atomic E-state index is 6.74. The summed E-state index contributed by atoms with van der Waals surface area (Å²) in [7, 11) is 0. The molecule has 1 unspecified atom stereocenters. The molecule has 3 heterocycles. The van der Waals surface area contributed by atoms with E-state index in [9.17, 15) is 0 Å². The average Bonchev–Trinajstić information content (AvgIpc) is 3.78. The average molecular weight is 660 g/mol. The number of aliphatic imine (C=N–C) groups is 1. The largest absolute Gasteiger partial charge is 0.456 e. The first-order valence-electron chi connectivity index (χ1n) is 17.5. The van der Waals surface area contributed by atoms with Crippen LogP contribution in [0.3, 0.4) is 0 Å². The summed E-state index contributed by atoms with van der Waals surface area (Å²) in [5, 5.41) is 6.92. The van der Waals surface area contributed by atoms with Gasteiger partial charge in [0.15, 0.2) is 11.3 Å². The fraction of sp³-hybridized carbons (Fsp3) is 0.0652. The lowest BCUT2D eigenvalue weighted by molar-refractivity contribution is 0.504. The SMILES string of the molecule is C1=CC(N(c2ccccc2)c2ccc(-c3ccc(C4=Nc5c(oc6ccccc56)C(c5ccccc5)N4)cc3)c3c2oc2ccccc23)=CCC1. The van der Waals surface area contributed by atoms with E-state index in [2.05, 4.69) is 144 Å². The predicted molar refractivity (Wildman–Crippen MR) is 208 cm³/mol. The van der Waals surface area contributed by atoms with Crippen LogP contribution in [-0.4, -0.2) is 5.84 Å². The Hall–Kier alpha value is -6.59. The molecule has 1 atom stereocenters. The third-order valence-electron chi connectivity index (χ3n) is 9.96. The van der Waals surface area contributed by atoms with Crippen LogP contribution >= 0.6 is 0 Å². The molecule has 1 aliphatic carbocycles. The Kier molecular flexibility index (Phi) is 6.95. The topological polar surface area (TPSA) is 53.9 Å². The highest BCUT2D eigenvalue weighted by Crippen LogP contribution is 2.46. The number of amidine groups is 1. The fourth-order valence-corrected chi connectivity index (χ4v) is 7.54. The molecular weight excluding hydrogens is 627 g/mol. The summed E-state index contributed by atoms with van der Waals surface area (Å²) in [6.07, 6.45) is 8.84. The van der Waals surface area contributed by atoms with Gasteiger partial charge >= 0.3 is 0 Å². The number of hydrogen-bond donors (Lipinski definition) is 1. The number of para-hydroxylation sites is 3. The van der Waals surface area contributed by atoms with Crippen molar-refractivity contribution in [2.45, 2.75) is 18.9 Å². The number of rotatable bonds is 6. The molecule has 0 bridgehead atoms. The van der Waals surface area contributed by atoms with E-state index in [0.717, 1.165) is 102 Å². The third kappa shape index (κ3) is 4.97. The highest BCUT2D eigenvalue weighted by atomic mass is 16.3. The van der Waals surface area contributed by atoms with Gasteiger partial charge in [0.25, 0.3) is 0 Å². The first kappa shape index (κ1) is 29.3. The van der Waals surface area contributed by atoms with E-state index in [0.29, 0.717) is 0 Å². The normalized spacial score (nSPS) is 15.4. The smallest absolute Gasteiger partial charge is 0.160 e. The second-order valence-corrected chi connectivity index (χ2v) is 13.1. The lowest BCUT2D eigenvalue weighted by Gasteiger charge is -2.28. The maximum Gasteiger partial charge on any atom is 0.160 e. The van der Waals surface area contributed by atoms with Gasteiger partial charge < -0.3 is 19.1 Å². The van der Waals surface area contributed by atoms with E-state index >= 15 is 0 Å². The summed E-state index contributed by atoms with van der Waals surface area (Å²) < 4.78 is 13.1. The monoisotopic (exact) mass is 659 g/mol. The van der Waals surface area contributed by atoms with Gasteiger partial charge in [0, 0.05) is 33.1 Å². The lowest BCUT2D eigenvalue weighted by Crippen LogP contribution is -2.32. The molecule has 8 aromatic rings. The van der Waals surface area contributed by atoms with Gasteiger partial charge in [-0.2, -0.15) is 0 Å². The van der Waals surface area contributed by atoms with Crippen molar-refractivity contribution in [3.63, 3.8) is 0 Å². The summed E-state index contributed by atoms with van der Waals surface area (Å²) in [5.41, 5.74) is 11.1. The van der Waals surface area contributed by atoms with Crippen molar-refractivity contribution < 1.29 is 8.83 Å². The van der Waals surface area contributed by atoms with Gasteiger partial charge in [-0.05, 0) is 72.0 Å². The summed E-state index contributed by atoms with van der Waals surface area (Å²) in [6, 6.07) is 50.4. The minimum absolute atomic E-state index is 0.160. The fourth-order valence-electron chi connectivity index (χ4n) is 7.54. The number of anilines is 2. The van der Waals surface area contributed by atoms with E-state index in [1.165, 1.54) is 0 Å². The summed E-state index contributed by atoms with van der Waals surface area (Å²) in [4.78, 5) is 7.47. The molecule has 5 nitrogen and oxygen atoms in total. The van der Waals surface area contributed by atoms with Crippen LogP contribution in [-0.2, 0) is 0 Å². The van der Waals surface area contributed by atoms with Crippen LogP contribution in [0.25, 0.3) is 44.0 Å². The molecule has 244 valence electrons. The van der Waals surface area contributed by atoms with Crippen molar-refractivity contribution in [3.05, 3.63) is 186 Å². The second kappa shape index (κ2) is 12.1. The second-order valence-electron chi connectivity index (χ2n) is 13.1. The molecule has 6 aromatic carbocycles. The van der Waals surface area contributed by atoms with Crippen molar-refractivity contribution in [3.8, 4) is 11.1 Å². The summed E-state index contributed by atoms with van der Waals surface area (Å²) in [5.74, 6) is 1.65. The molecule has 0 amide bonds. The van der Waals surface area contributed by atoms with Crippen molar-refractivity contribution in [1.29, 1.82) is 0 Å². The van der Waals surface area contributed by atoms with E-state index in [1.807, 2.05) is 30.3 Å². The first-order valence-corrected chi connectivity index (χ1v) is 17.5. The number of nitrogens with zero attached hydrogens (tertiary/aromatic N) is 2. The van der Waals surface area contributed by atoms with Crippen molar-refractivity contribution in [2.24, 2.45) is 4.99 Å². The van der Waals surface area contributed by atoms with Gasteiger partial charge in [-0.1, -0.05) is 121 Å². The van der Waals surface area contributed by atoms with E-state index < -0.39 is 0 Å². The molecule has 0 fully saturated rings. The molecule has 10 rings (SSSR count). The van der Waals surface area contributed by atoms with Crippen LogP contribution in [0.2, 0.25) is 0 Å². The Morgan fingerprint density at radius 3 is 2.08 bits per heavy atom. The molecule has 51 heavy (non-hydrogen) atoms. The molecule has 5 heteroatoms. The molecule has 2 aromatic heterocycles. The zero-order chi connectivity index (χ0) is 33.7. The molecular formula is C46H33N3O2. The highest BCUT2D eigenvalue weighted by molar-refractivity contribution is 6.16. The Balaban J connectivity index is 1.09.